The van der Waals surface area contributed by atoms with Crippen LogP contribution in [0.25, 0.3) is 16.9 Å². The monoisotopic (exact) mass is 392 g/mol. The van der Waals surface area contributed by atoms with Gasteiger partial charge in [-0.05, 0) is 6.07 Å². The highest BCUT2D eigenvalue weighted by molar-refractivity contribution is 5.77. The minimum atomic E-state index is -0.418. The Morgan fingerprint density at radius 1 is 1.24 bits per heavy atom. The summed E-state index contributed by atoms with van der Waals surface area (Å²) in [6.07, 6.45) is 8.65. The smallest absolute Gasteiger partial charge is 0.165 e. The number of rotatable bonds is 4. The summed E-state index contributed by atoms with van der Waals surface area (Å²) in [4.78, 5) is 12.9. The van der Waals surface area contributed by atoms with E-state index in [0.717, 1.165) is 5.52 Å². The number of hydrogen-bond acceptors (Lipinski definition) is 8. The van der Waals surface area contributed by atoms with Crippen molar-refractivity contribution < 1.29 is 9.13 Å². The number of nitrogens with one attached hydrogen (secondary N) is 2. The minimum Gasteiger partial charge on any atom is -0.761 e. The molecule has 1 aromatic carbocycles. The molecule has 0 spiro atoms. The summed E-state index contributed by atoms with van der Waals surface area (Å²) in [5, 5.41) is 18.9. The number of anilines is 2. The van der Waals surface area contributed by atoms with Gasteiger partial charge in [0.1, 0.15) is 0 Å². The molecule has 0 saturated heterocycles. The van der Waals surface area contributed by atoms with E-state index in [4.69, 9.17) is 4.74 Å². The standard InChI is InChI=1S/C19H15FN7O2/c20-13-3-1-2-11-14(4-7-29-17(11)13)24-19-15(26-28)9-22-18(25-19)12-8-23-27-6-5-21-10-16(12)27/h1-3,5-6,8-10,14,26H,4,7H2,(H,22,24,25)/q-1/t14-/m1/s1. The van der Waals surface area contributed by atoms with Crippen molar-refractivity contribution in [3.8, 4) is 17.1 Å². The van der Waals surface area contributed by atoms with Gasteiger partial charge in [0.15, 0.2) is 23.2 Å². The Kier molecular flexibility index (Phi) is 4.17. The number of nitrogens with zero attached hydrogens (tertiary/aromatic N) is 5. The molecule has 0 fully saturated rings. The van der Waals surface area contributed by atoms with E-state index in [-0.39, 0.29) is 17.5 Å². The molecule has 1 atom stereocenters. The molecule has 5 rings (SSSR count). The third kappa shape index (κ3) is 2.99. The first-order valence-electron chi connectivity index (χ1n) is 8.95. The summed E-state index contributed by atoms with van der Waals surface area (Å²) in [7, 11) is 0. The van der Waals surface area contributed by atoms with E-state index in [9.17, 15) is 9.60 Å². The van der Waals surface area contributed by atoms with E-state index in [2.05, 4.69) is 25.4 Å². The highest BCUT2D eigenvalue weighted by atomic mass is 19.1. The Hall–Kier alpha value is -3.79. The lowest BCUT2D eigenvalue weighted by molar-refractivity contribution is 0.260. The summed E-state index contributed by atoms with van der Waals surface area (Å²) < 4.78 is 21.2. The van der Waals surface area contributed by atoms with E-state index >= 15 is 0 Å². The lowest BCUT2D eigenvalue weighted by atomic mass is 10.0. The minimum absolute atomic E-state index is 0.188. The van der Waals surface area contributed by atoms with Crippen molar-refractivity contribution in [1.82, 2.24) is 24.6 Å². The molecule has 29 heavy (non-hydrogen) atoms. The van der Waals surface area contributed by atoms with E-state index in [1.165, 1.54) is 12.3 Å². The second-order valence-corrected chi connectivity index (χ2v) is 6.51. The highest BCUT2D eigenvalue weighted by Crippen LogP contribution is 2.37. The first-order valence-corrected chi connectivity index (χ1v) is 8.95. The van der Waals surface area contributed by atoms with Gasteiger partial charge in [-0.3, -0.25) is 4.98 Å². The van der Waals surface area contributed by atoms with Crippen LogP contribution >= 0.6 is 0 Å². The van der Waals surface area contributed by atoms with Crippen LogP contribution in [0, 0.1) is 11.0 Å². The molecule has 4 heterocycles. The Morgan fingerprint density at radius 3 is 3.07 bits per heavy atom. The maximum Gasteiger partial charge on any atom is 0.165 e. The molecule has 4 aromatic rings. The predicted molar refractivity (Wildman–Crippen MR) is 104 cm³/mol. The van der Waals surface area contributed by atoms with Crippen LogP contribution in [-0.2, 0) is 0 Å². The van der Waals surface area contributed by atoms with Crippen LogP contribution in [-0.4, -0.2) is 31.2 Å². The van der Waals surface area contributed by atoms with Crippen molar-refractivity contribution >= 4 is 17.0 Å². The van der Waals surface area contributed by atoms with Gasteiger partial charge in [0.2, 0.25) is 0 Å². The molecule has 1 aliphatic heterocycles. The van der Waals surface area contributed by atoms with E-state index in [1.807, 2.05) is 5.48 Å². The fourth-order valence-electron chi connectivity index (χ4n) is 3.40. The number of hydrogen-bond donors (Lipinski definition) is 2. The van der Waals surface area contributed by atoms with Gasteiger partial charge in [0, 0.05) is 24.4 Å². The van der Waals surface area contributed by atoms with Crippen LogP contribution in [0.2, 0.25) is 0 Å². The van der Waals surface area contributed by atoms with Crippen LogP contribution in [0.1, 0.15) is 18.0 Å². The molecule has 0 bridgehead atoms. The number of aromatic nitrogens is 5. The van der Waals surface area contributed by atoms with Gasteiger partial charge < -0.3 is 20.7 Å². The summed E-state index contributed by atoms with van der Waals surface area (Å²) in [6.45, 7) is 0.351. The van der Waals surface area contributed by atoms with Crippen molar-refractivity contribution in [2.45, 2.75) is 12.5 Å². The third-order valence-corrected chi connectivity index (χ3v) is 4.80. The molecule has 0 aliphatic carbocycles. The van der Waals surface area contributed by atoms with Crippen LogP contribution in [0.4, 0.5) is 15.9 Å². The topological polar surface area (TPSA) is 112 Å². The normalized spacial score (nSPS) is 15.6. The van der Waals surface area contributed by atoms with Crippen molar-refractivity contribution in [2.75, 3.05) is 17.4 Å². The molecule has 0 radical (unpaired) electrons. The number of benzene rings is 1. The van der Waals surface area contributed by atoms with E-state index in [1.54, 1.807) is 41.4 Å². The Morgan fingerprint density at radius 2 is 2.17 bits per heavy atom. The Labute approximate surface area is 164 Å². The van der Waals surface area contributed by atoms with Crippen LogP contribution < -0.4 is 15.5 Å². The van der Waals surface area contributed by atoms with Gasteiger partial charge >= 0.3 is 0 Å². The average Bonchev–Trinajstić information content (AvgIpc) is 3.19. The maximum absolute atomic E-state index is 14.1. The van der Waals surface area contributed by atoms with Crippen LogP contribution in [0.15, 0.2) is 49.2 Å². The van der Waals surface area contributed by atoms with Crippen molar-refractivity contribution in [2.24, 2.45) is 0 Å². The zero-order valence-corrected chi connectivity index (χ0v) is 15.0. The van der Waals surface area contributed by atoms with Gasteiger partial charge in [0.05, 0.1) is 48.0 Å². The molecular formula is C19H15FN7O2-. The number of para-hydroxylation sites is 1. The molecule has 9 nitrogen and oxygen atoms in total. The first kappa shape index (κ1) is 17.3. The molecule has 1 aliphatic rings. The lowest BCUT2D eigenvalue weighted by Gasteiger charge is -2.28. The van der Waals surface area contributed by atoms with Gasteiger partial charge in [-0.15, -0.1) is 0 Å². The molecule has 2 N–H and O–H groups in total. The lowest BCUT2D eigenvalue weighted by Crippen LogP contribution is -2.22. The molecule has 3 aromatic heterocycles. The van der Waals surface area contributed by atoms with Crippen LogP contribution in [0.5, 0.6) is 5.75 Å². The zero-order chi connectivity index (χ0) is 19.8. The fraction of sp³-hybridized carbons (Fsp3) is 0.158. The Bertz CT molecular complexity index is 1200. The average molecular weight is 392 g/mol. The number of ether oxygens (including phenoxy) is 1. The summed E-state index contributed by atoms with van der Waals surface area (Å²) >= 11 is 0. The van der Waals surface area contributed by atoms with E-state index < -0.39 is 5.82 Å². The predicted octanol–water partition coefficient (Wildman–Crippen LogP) is 3.17. The zero-order valence-electron chi connectivity index (χ0n) is 15.0. The van der Waals surface area contributed by atoms with Crippen molar-refractivity contribution in [3.05, 3.63) is 65.8 Å². The molecule has 0 unspecified atom stereocenters. The number of halogens is 1. The summed E-state index contributed by atoms with van der Waals surface area (Å²) in [5.41, 5.74) is 4.13. The van der Waals surface area contributed by atoms with Gasteiger partial charge in [-0.25, -0.2) is 18.9 Å². The van der Waals surface area contributed by atoms with Crippen molar-refractivity contribution in [3.63, 3.8) is 0 Å². The number of fused-ring (bicyclic) bond motifs is 2. The fourth-order valence-corrected chi connectivity index (χ4v) is 3.40. The second kappa shape index (κ2) is 6.99. The van der Waals surface area contributed by atoms with E-state index in [0.29, 0.717) is 35.8 Å². The molecule has 0 amide bonds. The molecule has 146 valence electrons. The third-order valence-electron chi connectivity index (χ3n) is 4.80. The van der Waals surface area contributed by atoms with Gasteiger partial charge in [0.25, 0.3) is 0 Å². The summed E-state index contributed by atoms with van der Waals surface area (Å²) in [5.74, 6) is 0.505. The second-order valence-electron chi connectivity index (χ2n) is 6.51. The molecule has 10 heteroatoms. The molecular weight excluding hydrogens is 377 g/mol. The van der Waals surface area contributed by atoms with Crippen LogP contribution in [0.3, 0.4) is 0 Å². The largest absolute Gasteiger partial charge is 0.761 e. The van der Waals surface area contributed by atoms with Gasteiger partial charge in [-0.2, -0.15) is 5.10 Å². The summed E-state index contributed by atoms with van der Waals surface area (Å²) in [6, 6.07) is 4.50. The quantitative estimate of drug-likeness (QED) is 0.509. The highest BCUT2D eigenvalue weighted by Gasteiger charge is 2.25. The van der Waals surface area contributed by atoms with Crippen molar-refractivity contribution in [1.29, 1.82) is 0 Å². The maximum atomic E-state index is 14.1. The Balaban J connectivity index is 1.54. The molecule has 0 saturated carbocycles. The first-order chi connectivity index (χ1) is 14.2. The SMILES string of the molecule is [O-]Nc1cnc(-c2cnn3ccncc23)nc1N[C@@H]1CCOc2c(F)cccc21. The van der Waals surface area contributed by atoms with Gasteiger partial charge in [-0.1, -0.05) is 12.1 Å².